The Morgan fingerprint density at radius 2 is 1.87 bits per heavy atom. The maximum absolute atomic E-state index is 12.8. The number of alkyl halides is 4. The molecule has 0 N–H and O–H groups in total. The number of hydrogen-bond donors (Lipinski definition) is 0. The first-order valence-electron chi connectivity index (χ1n) is 3.86. The van der Waals surface area contributed by atoms with Gasteiger partial charge >= 0.3 is 5.25 Å². The highest BCUT2D eigenvalue weighted by atomic mass is 35.5. The Kier molecular flexibility index (Phi) is 4.04. The van der Waals surface area contributed by atoms with Crippen LogP contribution < -0.4 is 0 Å². The van der Waals surface area contributed by atoms with Gasteiger partial charge in [0.15, 0.2) is 0 Å². The fourth-order valence-corrected chi connectivity index (χ4v) is 1.63. The number of carbonyl (C=O) groups excluding carboxylic acids is 1. The molecule has 1 rings (SSSR count). The summed E-state index contributed by atoms with van der Waals surface area (Å²) in [5.74, 6) is 0. The molecule has 1 aromatic rings. The van der Waals surface area contributed by atoms with Crippen LogP contribution >= 0.6 is 23.4 Å². The van der Waals surface area contributed by atoms with Gasteiger partial charge in [-0.1, -0.05) is 23.7 Å². The van der Waals surface area contributed by atoms with Crippen LogP contribution in [0, 0.1) is 0 Å². The van der Waals surface area contributed by atoms with Crippen LogP contribution in [0.5, 0.6) is 0 Å². The molecule has 6 heteroatoms. The van der Waals surface area contributed by atoms with Crippen molar-refractivity contribution in [2.45, 2.75) is 15.8 Å². The van der Waals surface area contributed by atoms with Gasteiger partial charge < -0.3 is 0 Å². The van der Waals surface area contributed by atoms with Crippen molar-refractivity contribution in [2.75, 3.05) is 0 Å². The zero-order valence-corrected chi connectivity index (χ0v) is 8.86. The highest BCUT2D eigenvalue weighted by Crippen LogP contribution is 2.41. The molecule has 0 amide bonds. The third-order valence-corrected chi connectivity index (χ3v) is 2.91. The summed E-state index contributed by atoms with van der Waals surface area (Å²) in [5, 5.41) is -3.68. The van der Waals surface area contributed by atoms with E-state index in [1.807, 2.05) is 0 Å². The van der Waals surface area contributed by atoms with Gasteiger partial charge in [-0.2, -0.15) is 8.78 Å². The third-order valence-electron chi connectivity index (χ3n) is 1.52. The van der Waals surface area contributed by atoms with E-state index in [1.54, 1.807) is 0 Å². The Morgan fingerprint density at radius 1 is 1.33 bits per heavy atom. The monoisotopic (exact) mass is 254 g/mol. The van der Waals surface area contributed by atoms with Crippen LogP contribution in [0.1, 0.15) is 10.4 Å². The maximum atomic E-state index is 12.8. The van der Waals surface area contributed by atoms with E-state index in [0.717, 1.165) is 0 Å². The summed E-state index contributed by atoms with van der Waals surface area (Å²) in [6.45, 7) is 0. The van der Waals surface area contributed by atoms with E-state index in [2.05, 4.69) is 11.6 Å². The van der Waals surface area contributed by atoms with Crippen LogP contribution in [-0.4, -0.2) is 17.2 Å². The van der Waals surface area contributed by atoms with E-state index < -0.39 is 10.9 Å². The summed E-state index contributed by atoms with van der Waals surface area (Å²) in [5.41, 5.74) is -2.38. The Hall–Kier alpha value is -0.680. The zero-order valence-electron chi connectivity index (χ0n) is 7.29. The van der Waals surface area contributed by atoms with Crippen molar-refractivity contribution in [3.8, 4) is 0 Å². The lowest BCUT2D eigenvalue weighted by atomic mass is 10.2. The number of benzene rings is 1. The van der Waals surface area contributed by atoms with Gasteiger partial charge in [-0.05, 0) is 23.9 Å². The van der Waals surface area contributed by atoms with E-state index in [-0.39, 0.29) is 16.7 Å². The van der Waals surface area contributed by atoms with Crippen molar-refractivity contribution in [1.82, 2.24) is 0 Å². The Labute approximate surface area is 93.6 Å². The number of rotatable bonds is 4. The van der Waals surface area contributed by atoms with Crippen LogP contribution in [-0.2, 0) is 0 Å². The molecule has 1 nitrogen and oxygen atoms in total. The molecule has 1 unspecified atom stereocenters. The summed E-state index contributed by atoms with van der Waals surface area (Å²) < 4.78 is 37.9. The van der Waals surface area contributed by atoms with Gasteiger partial charge in [-0.25, -0.2) is 4.39 Å². The predicted octanol–water partition coefficient (Wildman–Crippen LogP) is 3.72. The van der Waals surface area contributed by atoms with Crippen molar-refractivity contribution in [1.29, 1.82) is 0 Å². The molecule has 0 heterocycles. The molecule has 0 aliphatic rings. The largest absolute Gasteiger partial charge is 0.342 e. The van der Waals surface area contributed by atoms with Gasteiger partial charge in [0.25, 0.3) is 0 Å². The summed E-state index contributed by atoms with van der Waals surface area (Å²) in [6, 6.07) is 5.35. The summed E-state index contributed by atoms with van der Waals surface area (Å²) in [4.78, 5) is 10.4. The molecular weight excluding hydrogens is 249 g/mol. The minimum Gasteiger partial charge on any atom is -0.298 e. The second-order valence-corrected chi connectivity index (χ2v) is 4.25. The maximum Gasteiger partial charge on any atom is 0.342 e. The minimum absolute atomic E-state index is 0.0170. The molecule has 0 saturated heterocycles. The van der Waals surface area contributed by atoms with Crippen LogP contribution in [0.25, 0.3) is 0 Å². The fraction of sp³-hybridized carbons (Fsp3) is 0.222. The molecule has 0 saturated carbocycles. The molecule has 1 aromatic carbocycles. The van der Waals surface area contributed by atoms with Gasteiger partial charge in [-0.15, -0.1) is 0 Å². The number of halogens is 4. The predicted molar refractivity (Wildman–Crippen MR) is 53.4 cm³/mol. The van der Waals surface area contributed by atoms with Crippen LogP contribution in [0.2, 0.25) is 0 Å². The summed E-state index contributed by atoms with van der Waals surface area (Å²) >= 11 is 4.70. The smallest absolute Gasteiger partial charge is 0.298 e. The molecule has 82 valence electrons. The zero-order chi connectivity index (χ0) is 11.5. The van der Waals surface area contributed by atoms with Gasteiger partial charge in [0.2, 0.25) is 5.63 Å². The van der Waals surface area contributed by atoms with E-state index in [9.17, 15) is 18.0 Å². The molecular formula is C9H6ClF3OS. The standard InChI is InChI=1S/C9H6ClF3OS/c10-8(11)9(12,13)15-7-3-1-6(5-14)2-4-7/h1-5,8H. The Morgan fingerprint density at radius 3 is 2.27 bits per heavy atom. The van der Waals surface area contributed by atoms with Gasteiger partial charge in [-0.3, -0.25) is 4.79 Å². The molecule has 0 aromatic heterocycles. The Balaban J connectivity index is 2.77. The number of aldehydes is 1. The SMILES string of the molecule is O=Cc1ccc(SC(F)(F)C(F)Cl)cc1. The van der Waals surface area contributed by atoms with Crippen molar-refractivity contribution in [3.63, 3.8) is 0 Å². The molecule has 0 radical (unpaired) electrons. The lowest BCUT2D eigenvalue weighted by molar-refractivity contribution is 0.0537. The van der Waals surface area contributed by atoms with Gasteiger partial charge in [0.05, 0.1) is 0 Å². The quantitative estimate of drug-likeness (QED) is 0.463. The molecule has 0 bridgehead atoms. The minimum atomic E-state index is -3.68. The normalized spacial score (nSPS) is 13.6. The number of carbonyl (C=O) groups is 1. The molecule has 0 spiro atoms. The average molecular weight is 255 g/mol. The van der Waals surface area contributed by atoms with Crippen molar-refractivity contribution >= 4 is 29.6 Å². The van der Waals surface area contributed by atoms with Gasteiger partial charge in [0, 0.05) is 10.5 Å². The van der Waals surface area contributed by atoms with E-state index >= 15 is 0 Å². The van der Waals surface area contributed by atoms with Crippen LogP contribution in [0.4, 0.5) is 13.2 Å². The van der Waals surface area contributed by atoms with Crippen molar-refractivity contribution in [3.05, 3.63) is 29.8 Å². The first-order valence-corrected chi connectivity index (χ1v) is 5.11. The second-order valence-electron chi connectivity index (χ2n) is 2.65. The first kappa shape index (κ1) is 12.4. The summed E-state index contributed by atoms with van der Waals surface area (Å²) in [6.07, 6.45) is 0.589. The Bertz CT molecular complexity index is 340. The number of hydrogen-bond acceptors (Lipinski definition) is 2. The van der Waals surface area contributed by atoms with E-state index in [0.29, 0.717) is 11.8 Å². The summed E-state index contributed by atoms with van der Waals surface area (Å²) in [7, 11) is 0. The van der Waals surface area contributed by atoms with Crippen molar-refractivity contribution in [2.24, 2.45) is 0 Å². The van der Waals surface area contributed by atoms with Crippen LogP contribution in [0.15, 0.2) is 29.2 Å². The molecule has 15 heavy (non-hydrogen) atoms. The number of thioether (sulfide) groups is 1. The first-order chi connectivity index (χ1) is 6.95. The molecule has 0 aliphatic heterocycles. The van der Waals surface area contributed by atoms with Crippen LogP contribution in [0.3, 0.4) is 0 Å². The van der Waals surface area contributed by atoms with E-state index in [1.165, 1.54) is 24.3 Å². The molecule has 0 fully saturated rings. The topological polar surface area (TPSA) is 17.1 Å². The lowest BCUT2D eigenvalue weighted by Crippen LogP contribution is -2.20. The van der Waals surface area contributed by atoms with Gasteiger partial charge in [0.1, 0.15) is 6.29 Å². The molecule has 0 aliphatic carbocycles. The fourth-order valence-electron chi connectivity index (χ4n) is 0.816. The highest BCUT2D eigenvalue weighted by Gasteiger charge is 2.40. The lowest BCUT2D eigenvalue weighted by Gasteiger charge is -2.14. The second kappa shape index (κ2) is 4.90. The average Bonchev–Trinajstić information content (AvgIpc) is 2.18. The van der Waals surface area contributed by atoms with Crippen molar-refractivity contribution < 1.29 is 18.0 Å². The van der Waals surface area contributed by atoms with E-state index in [4.69, 9.17) is 0 Å². The third kappa shape index (κ3) is 3.43. The highest BCUT2D eigenvalue weighted by molar-refractivity contribution is 8.00. The molecule has 1 atom stereocenters.